The highest BCUT2D eigenvalue weighted by Crippen LogP contribution is 2.37. The number of nitrogens with zero attached hydrogens (tertiary/aromatic N) is 4. The number of imidazole rings is 1. The highest BCUT2D eigenvalue weighted by Gasteiger charge is 2.37. The van der Waals surface area contributed by atoms with Gasteiger partial charge in [0.1, 0.15) is 29.3 Å². The minimum Gasteiger partial charge on any atom is -0.383 e. The number of benzene rings is 1. The number of hydrogen-bond donors (Lipinski definition) is 4. The Bertz CT molecular complexity index is 1540. The summed E-state index contributed by atoms with van der Waals surface area (Å²) in [4.78, 5) is 25.0. The third-order valence-electron chi connectivity index (χ3n) is 5.43. The molecule has 9 nitrogen and oxygen atoms in total. The topological polar surface area (TPSA) is 134 Å². The number of pyridine rings is 1. The monoisotopic (exact) mass is 580 g/mol. The summed E-state index contributed by atoms with van der Waals surface area (Å²) in [7, 11) is 0. The molecule has 218 valence electrons. The van der Waals surface area contributed by atoms with Crippen LogP contribution in [-0.2, 0) is 12.4 Å². The van der Waals surface area contributed by atoms with Gasteiger partial charge in [-0.25, -0.2) is 15.0 Å². The maximum atomic E-state index is 13.2. The smallest absolute Gasteiger partial charge is 0.383 e. The van der Waals surface area contributed by atoms with Gasteiger partial charge in [0.15, 0.2) is 0 Å². The number of halogens is 6. The van der Waals surface area contributed by atoms with Gasteiger partial charge in [-0.2, -0.15) is 26.3 Å². The van der Waals surface area contributed by atoms with Crippen LogP contribution in [0.15, 0.2) is 49.1 Å². The van der Waals surface area contributed by atoms with Crippen LogP contribution >= 0.6 is 0 Å². The molecule has 1 aromatic carbocycles. The van der Waals surface area contributed by atoms with Crippen LogP contribution in [0.5, 0.6) is 0 Å². The van der Waals surface area contributed by atoms with Crippen molar-refractivity contribution in [2.45, 2.75) is 46.1 Å². The van der Waals surface area contributed by atoms with Gasteiger partial charge < -0.3 is 16.4 Å². The molecule has 0 saturated carbocycles. The minimum absolute atomic E-state index is 0.0225. The summed E-state index contributed by atoms with van der Waals surface area (Å²) in [6.07, 6.45) is -6.40. The third-order valence-corrected chi connectivity index (χ3v) is 5.43. The summed E-state index contributed by atoms with van der Waals surface area (Å²) in [5.74, 6) is -0.604. The van der Waals surface area contributed by atoms with Crippen molar-refractivity contribution in [3.8, 4) is 0 Å². The zero-order valence-corrected chi connectivity index (χ0v) is 22.2. The van der Waals surface area contributed by atoms with Crippen LogP contribution in [0.25, 0.3) is 5.65 Å². The van der Waals surface area contributed by atoms with Crippen molar-refractivity contribution in [2.75, 3.05) is 16.4 Å². The van der Waals surface area contributed by atoms with Crippen molar-refractivity contribution >= 4 is 34.6 Å². The lowest BCUT2D eigenvalue weighted by atomic mass is 10.0. The largest absolute Gasteiger partial charge is 0.416 e. The predicted octanol–water partition coefficient (Wildman–Crippen LogP) is 6.26. The number of carbonyl (C=O) groups excluding carboxylic acids is 1. The van der Waals surface area contributed by atoms with Crippen LogP contribution < -0.4 is 16.4 Å². The normalized spacial score (nSPS) is 11.7. The number of fused-ring (bicyclic) bond motifs is 1. The Morgan fingerprint density at radius 3 is 2.15 bits per heavy atom. The zero-order chi connectivity index (χ0) is 30.7. The van der Waals surface area contributed by atoms with Gasteiger partial charge in [0.25, 0.3) is 5.91 Å². The summed E-state index contributed by atoms with van der Waals surface area (Å²) in [6.45, 7) is 7.75. The number of aromatic nitrogens is 4. The van der Waals surface area contributed by atoms with Crippen molar-refractivity contribution < 1.29 is 31.1 Å². The molecule has 4 aromatic rings. The number of amides is 1. The van der Waals surface area contributed by atoms with E-state index in [9.17, 15) is 31.1 Å². The molecule has 0 aliphatic heterocycles. The minimum atomic E-state index is -5.07. The van der Waals surface area contributed by atoms with E-state index >= 15 is 0 Å². The first kappa shape index (κ1) is 30.8. The molecule has 0 atom stereocenters. The van der Waals surface area contributed by atoms with Crippen molar-refractivity contribution in [1.82, 2.24) is 19.4 Å². The molecular weight excluding hydrogens is 554 g/mol. The highest BCUT2D eigenvalue weighted by molar-refractivity contribution is 6.16. The molecule has 0 unspecified atom stereocenters. The summed E-state index contributed by atoms with van der Waals surface area (Å²) in [5.41, 5.74) is 2.71. The van der Waals surface area contributed by atoms with Gasteiger partial charge in [0, 0.05) is 23.5 Å². The molecule has 0 saturated heterocycles. The second-order valence-electron chi connectivity index (χ2n) is 8.69. The van der Waals surface area contributed by atoms with Gasteiger partial charge in [-0.05, 0) is 44.2 Å². The maximum Gasteiger partial charge on any atom is 0.416 e. The van der Waals surface area contributed by atoms with Crippen LogP contribution in [0.3, 0.4) is 0 Å². The van der Waals surface area contributed by atoms with E-state index in [2.05, 4.69) is 25.6 Å². The Hall–Kier alpha value is -4.69. The number of hydrogen-bond acceptors (Lipinski definition) is 7. The fraction of sp³-hybridized carbons (Fsp3) is 0.269. The lowest BCUT2D eigenvalue weighted by Gasteiger charge is -2.16. The second-order valence-corrected chi connectivity index (χ2v) is 8.69. The Morgan fingerprint density at radius 1 is 0.976 bits per heavy atom. The van der Waals surface area contributed by atoms with Crippen molar-refractivity contribution in [2.24, 2.45) is 0 Å². The van der Waals surface area contributed by atoms with Gasteiger partial charge in [0.2, 0.25) is 0 Å². The predicted molar refractivity (Wildman–Crippen MR) is 142 cm³/mol. The van der Waals surface area contributed by atoms with E-state index in [0.29, 0.717) is 23.5 Å². The van der Waals surface area contributed by atoms with Crippen LogP contribution in [0, 0.1) is 5.41 Å². The summed E-state index contributed by atoms with van der Waals surface area (Å²) >= 11 is 0. The summed E-state index contributed by atoms with van der Waals surface area (Å²) < 4.78 is 80.2. The fourth-order valence-corrected chi connectivity index (χ4v) is 3.70. The number of nitrogens with one attached hydrogen (secondary N) is 3. The number of rotatable bonds is 6. The molecule has 3 aromatic heterocycles. The van der Waals surface area contributed by atoms with Gasteiger partial charge >= 0.3 is 12.4 Å². The van der Waals surface area contributed by atoms with E-state index in [1.54, 1.807) is 0 Å². The Morgan fingerprint density at radius 2 is 1.59 bits per heavy atom. The van der Waals surface area contributed by atoms with Gasteiger partial charge in [-0.3, -0.25) is 14.6 Å². The van der Waals surface area contributed by atoms with E-state index in [1.807, 2.05) is 27.7 Å². The van der Waals surface area contributed by atoms with E-state index < -0.39 is 35.1 Å². The molecule has 0 aliphatic rings. The van der Waals surface area contributed by atoms with Gasteiger partial charge in [0.05, 0.1) is 28.6 Å². The molecule has 4 rings (SSSR count). The molecule has 0 aliphatic carbocycles. The third kappa shape index (κ3) is 6.91. The molecule has 15 heteroatoms. The first-order chi connectivity index (χ1) is 19.1. The molecule has 0 spiro atoms. The lowest BCUT2D eigenvalue weighted by Crippen LogP contribution is -2.18. The molecule has 0 fully saturated rings. The van der Waals surface area contributed by atoms with Crippen molar-refractivity contribution in [3.63, 3.8) is 0 Å². The molecular formula is C26H26F6N8O. The summed E-state index contributed by atoms with van der Waals surface area (Å²) in [5, 5.41) is 13.8. The molecule has 1 amide bonds. The second kappa shape index (κ2) is 11.8. The Labute approximate surface area is 230 Å². The van der Waals surface area contributed by atoms with E-state index in [0.717, 1.165) is 6.20 Å². The zero-order valence-electron chi connectivity index (χ0n) is 22.2. The number of alkyl halides is 6. The van der Waals surface area contributed by atoms with Crippen LogP contribution in [0.4, 0.5) is 43.7 Å². The quantitative estimate of drug-likeness (QED) is 0.157. The fourth-order valence-electron chi connectivity index (χ4n) is 3.70. The van der Waals surface area contributed by atoms with Crippen LogP contribution in [0.1, 0.15) is 60.4 Å². The number of anilines is 3. The average Bonchev–Trinajstić information content (AvgIpc) is 3.32. The maximum absolute atomic E-state index is 13.2. The van der Waals surface area contributed by atoms with Gasteiger partial charge in [-0.15, -0.1) is 0 Å². The van der Waals surface area contributed by atoms with Crippen LogP contribution in [-0.4, -0.2) is 37.0 Å². The first-order valence-corrected chi connectivity index (χ1v) is 12.2. The summed E-state index contributed by atoms with van der Waals surface area (Å²) in [6, 6.07) is 3.68. The average molecular weight is 581 g/mol. The van der Waals surface area contributed by atoms with E-state index in [1.165, 1.54) is 29.1 Å². The Balaban J connectivity index is 0.00000226. The molecule has 0 bridgehead atoms. The molecule has 41 heavy (non-hydrogen) atoms. The molecule has 3 heterocycles. The lowest BCUT2D eigenvalue weighted by molar-refractivity contribution is -0.143. The number of nitrogens with two attached hydrogens (primary N) is 1. The standard InChI is InChI=1S/C24H20F6N8O.C2H6/c1-11(2)36-21-18(20(32)34-10-35-21)19(31)12-3-4-38-16(9-33-17(38)5-12)22(39)37-15-7-13(23(25,26)27)6-14(8-15)24(28,29)30;1-2/h3-11,31H,1-2H3,(H,37,39)(H3,32,34,35,36);1-2H3. The van der Waals surface area contributed by atoms with Crippen LogP contribution in [0.2, 0.25) is 0 Å². The molecule has 5 N–H and O–H groups in total. The SMILES string of the molecule is CC.CC(C)Nc1ncnc(N)c1C(=N)c1ccn2c(C(=O)Nc3cc(C(F)(F)F)cc(C(F)(F)F)c3)cnc2c1. The van der Waals surface area contributed by atoms with Crippen molar-refractivity contribution in [3.05, 3.63) is 77.0 Å². The van der Waals surface area contributed by atoms with Gasteiger partial charge in [-0.1, -0.05) is 13.8 Å². The van der Waals surface area contributed by atoms with E-state index in [4.69, 9.17) is 11.1 Å². The first-order valence-electron chi connectivity index (χ1n) is 12.2. The molecule has 0 radical (unpaired) electrons. The Kier molecular flexibility index (Phi) is 8.89. The van der Waals surface area contributed by atoms with E-state index in [-0.39, 0.29) is 40.5 Å². The van der Waals surface area contributed by atoms with Crippen molar-refractivity contribution in [1.29, 1.82) is 5.41 Å². The highest BCUT2D eigenvalue weighted by atomic mass is 19.4. The number of nitrogen functional groups attached to an aromatic ring is 1. The number of carbonyl (C=O) groups is 1.